The summed E-state index contributed by atoms with van der Waals surface area (Å²) in [6.07, 6.45) is 6.61. The second kappa shape index (κ2) is 7.08. The predicted molar refractivity (Wildman–Crippen MR) is 105 cm³/mol. The molecule has 148 valence electrons. The van der Waals surface area contributed by atoms with E-state index in [1.807, 2.05) is 45.9 Å². The van der Waals surface area contributed by atoms with Crippen molar-refractivity contribution in [3.05, 3.63) is 35.9 Å². The Bertz CT molecular complexity index is 828. The van der Waals surface area contributed by atoms with E-state index in [4.69, 9.17) is 9.47 Å². The van der Waals surface area contributed by atoms with Crippen LogP contribution in [0.1, 0.15) is 39.7 Å². The lowest BCUT2D eigenvalue weighted by molar-refractivity contribution is -0.140. The minimum absolute atomic E-state index is 0.0300. The summed E-state index contributed by atoms with van der Waals surface area (Å²) in [5.41, 5.74) is 0.698. The van der Waals surface area contributed by atoms with Crippen LogP contribution in [-0.2, 0) is 9.59 Å². The summed E-state index contributed by atoms with van der Waals surface area (Å²) in [7, 11) is 0. The van der Waals surface area contributed by atoms with Crippen molar-refractivity contribution < 1.29 is 19.1 Å². The lowest BCUT2D eigenvalue weighted by Crippen LogP contribution is -2.28. The van der Waals surface area contributed by atoms with Crippen molar-refractivity contribution in [1.82, 2.24) is 5.01 Å². The van der Waals surface area contributed by atoms with Gasteiger partial charge in [-0.2, -0.15) is 10.1 Å². The first-order chi connectivity index (χ1) is 13.3. The van der Waals surface area contributed by atoms with Gasteiger partial charge in [0.1, 0.15) is 11.5 Å². The van der Waals surface area contributed by atoms with Crippen LogP contribution in [0.15, 0.2) is 35.5 Å². The molecule has 4 atom stereocenters. The monoisotopic (exact) mass is 382 g/mol. The zero-order valence-corrected chi connectivity index (χ0v) is 16.7. The zero-order valence-electron chi connectivity index (χ0n) is 16.7. The van der Waals surface area contributed by atoms with E-state index in [9.17, 15) is 9.59 Å². The maximum Gasteiger partial charge on any atom is 0.254 e. The Labute approximate surface area is 165 Å². The summed E-state index contributed by atoms with van der Waals surface area (Å²) in [4.78, 5) is 25.5. The number of imide groups is 1. The van der Waals surface area contributed by atoms with E-state index in [0.29, 0.717) is 17.1 Å². The lowest BCUT2D eigenvalue weighted by atomic mass is 9.85. The molecule has 0 radical (unpaired) electrons. The van der Waals surface area contributed by atoms with Gasteiger partial charge < -0.3 is 9.47 Å². The van der Waals surface area contributed by atoms with Crippen LogP contribution in [0.25, 0.3) is 0 Å². The van der Waals surface area contributed by atoms with E-state index < -0.39 is 0 Å². The summed E-state index contributed by atoms with van der Waals surface area (Å²) in [6, 6.07) is 5.48. The zero-order chi connectivity index (χ0) is 20.0. The average molecular weight is 382 g/mol. The van der Waals surface area contributed by atoms with Crippen molar-refractivity contribution >= 4 is 18.0 Å². The molecule has 0 N–H and O–H groups in total. The molecule has 1 heterocycles. The molecule has 4 rings (SSSR count). The molecular formula is C22H26N2O4. The highest BCUT2D eigenvalue weighted by molar-refractivity contribution is 6.06. The molecule has 1 aliphatic heterocycles. The fourth-order valence-electron chi connectivity index (χ4n) is 4.44. The van der Waals surface area contributed by atoms with Crippen molar-refractivity contribution in [2.24, 2.45) is 28.8 Å². The van der Waals surface area contributed by atoms with Gasteiger partial charge in [-0.25, -0.2) is 0 Å². The SMILES string of the molecule is CC(C)Oc1ccc(/C=N/N2C(=O)C3C4C=CC(C4)C3C2=O)c(OC(C)C)c1. The highest BCUT2D eigenvalue weighted by Crippen LogP contribution is 2.52. The number of fused-ring (bicyclic) bond motifs is 5. The number of nitrogens with zero attached hydrogens (tertiary/aromatic N) is 2. The number of amides is 2. The van der Waals surface area contributed by atoms with Gasteiger partial charge in [-0.05, 0) is 58.1 Å². The van der Waals surface area contributed by atoms with Gasteiger partial charge in [-0.1, -0.05) is 12.2 Å². The summed E-state index contributed by atoms with van der Waals surface area (Å²) < 4.78 is 11.6. The van der Waals surface area contributed by atoms with Crippen molar-refractivity contribution in [2.45, 2.75) is 46.3 Å². The third-order valence-corrected chi connectivity index (χ3v) is 5.48. The predicted octanol–water partition coefficient (Wildman–Crippen LogP) is 3.40. The molecule has 0 aromatic heterocycles. The van der Waals surface area contributed by atoms with Gasteiger partial charge >= 0.3 is 0 Å². The molecule has 6 heteroatoms. The molecule has 1 aromatic rings. The quantitative estimate of drug-likeness (QED) is 0.430. The fraction of sp³-hybridized carbons (Fsp3) is 0.500. The molecule has 2 amide bonds. The van der Waals surface area contributed by atoms with E-state index in [2.05, 4.69) is 17.3 Å². The fourth-order valence-corrected chi connectivity index (χ4v) is 4.44. The minimum Gasteiger partial charge on any atom is -0.491 e. The van der Waals surface area contributed by atoms with E-state index in [1.165, 1.54) is 6.21 Å². The highest BCUT2D eigenvalue weighted by atomic mass is 16.5. The number of carbonyl (C=O) groups is 2. The number of rotatable bonds is 6. The summed E-state index contributed by atoms with van der Waals surface area (Å²) in [5, 5.41) is 5.31. The Morgan fingerprint density at radius 2 is 1.61 bits per heavy atom. The smallest absolute Gasteiger partial charge is 0.254 e. The summed E-state index contributed by atoms with van der Waals surface area (Å²) in [5.74, 6) is 0.813. The first kappa shape index (κ1) is 18.7. The molecule has 2 fully saturated rings. The second-order valence-corrected chi connectivity index (χ2v) is 8.27. The molecule has 2 aliphatic carbocycles. The van der Waals surface area contributed by atoms with Gasteiger partial charge in [-0.3, -0.25) is 9.59 Å². The molecule has 1 aromatic carbocycles. The molecular weight excluding hydrogens is 356 g/mol. The number of hydrazone groups is 1. The number of ether oxygens (including phenoxy) is 2. The normalized spacial score (nSPS) is 28.3. The van der Waals surface area contributed by atoms with Crippen molar-refractivity contribution in [3.8, 4) is 11.5 Å². The van der Waals surface area contributed by atoms with Crippen molar-refractivity contribution in [2.75, 3.05) is 0 Å². The van der Waals surface area contributed by atoms with E-state index in [0.717, 1.165) is 11.4 Å². The van der Waals surface area contributed by atoms with Crippen LogP contribution < -0.4 is 9.47 Å². The highest BCUT2D eigenvalue weighted by Gasteiger charge is 2.59. The maximum absolute atomic E-state index is 12.8. The standard InChI is InChI=1S/C22H26N2O4/c1-12(2)27-17-8-7-16(18(10-17)28-13(3)4)11-23-24-21(25)19-14-5-6-15(9-14)20(19)22(24)26/h5-8,10-15,19-20H,9H2,1-4H3/b23-11+. The molecule has 1 saturated heterocycles. The second-order valence-electron chi connectivity index (χ2n) is 8.27. The average Bonchev–Trinajstić information content (AvgIpc) is 3.28. The lowest BCUT2D eigenvalue weighted by Gasteiger charge is -2.16. The molecule has 2 bridgehead atoms. The van der Waals surface area contributed by atoms with Crippen LogP contribution in [0.4, 0.5) is 0 Å². The van der Waals surface area contributed by atoms with E-state index in [1.54, 1.807) is 0 Å². The minimum atomic E-state index is -0.243. The van der Waals surface area contributed by atoms with E-state index in [-0.39, 0.29) is 47.7 Å². The van der Waals surface area contributed by atoms with Crippen LogP contribution in [0.2, 0.25) is 0 Å². The Morgan fingerprint density at radius 1 is 1.00 bits per heavy atom. The Morgan fingerprint density at radius 3 is 2.18 bits per heavy atom. The van der Waals surface area contributed by atoms with Gasteiger partial charge in [-0.15, -0.1) is 0 Å². The first-order valence-electron chi connectivity index (χ1n) is 9.92. The molecule has 0 spiro atoms. The number of allylic oxidation sites excluding steroid dienone is 2. The maximum atomic E-state index is 12.8. The molecule has 28 heavy (non-hydrogen) atoms. The third kappa shape index (κ3) is 3.21. The summed E-state index contributed by atoms with van der Waals surface area (Å²) in [6.45, 7) is 7.80. The van der Waals surface area contributed by atoms with Gasteiger partial charge in [0.15, 0.2) is 0 Å². The van der Waals surface area contributed by atoms with Gasteiger partial charge in [0.2, 0.25) is 0 Å². The molecule has 4 unspecified atom stereocenters. The van der Waals surface area contributed by atoms with E-state index >= 15 is 0 Å². The first-order valence-corrected chi connectivity index (χ1v) is 9.92. The Hall–Kier alpha value is -2.63. The topological polar surface area (TPSA) is 68.2 Å². The van der Waals surface area contributed by atoms with Crippen LogP contribution >= 0.6 is 0 Å². The van der Waals surface area contributed by atoms with Crippen molar-refractivity contribution in [1.29, 1.82) is 0 Å². The van der Waals surface area contributed by atoms with Crippen molar-refractivity contribution in [3.63, 3.8) is 0 Å². The van der Waals surface area contributed by atoms with Crippen LogP contribution in [0.5, 0.6) is 11.5 Å². The Balaban J connectivity index is 1.57. The van der Waals surface area contributed by atoms with Gasteiger partial charge in [0.25, 0.3) is 11.8 Å². The van der Waals surface area contributed by atoms with Gasteiger partial charge in [0.05, 0.1) is 30.3 Å². The molecule has 1 saturated carbocycles. The number of hydrogen-bond donors (Lipinski definition) is 0. The number of hydrogen-bond acceptors (Lipinski definition) is 5. The largest absolute Gasteiger partial charge is 0.491 e. The molecule has 6 nitrogen and oxygen atoms in total. The number of carbonyl (C=O) groups excluding carboxylic acids is 2. The Kier molecular flexibility index (Phi) is 4.73. The third-order valence-electron chi connectivity index (χ3n) is 5.48. The van der Waals surface area contributed by atoms with Gasteiger partial charge in [0, 0.05) is 11.6 Å². The van der Waals surface area contributed by atoms with Crippen LogP contribution in [0, 0.1) is 23.7 Å². The van der Waals surface area contributed by atoms with Crippen LogP contribution in [0.3, 0.4) is 0 Å². The number of benzene rings is 1. The van der Waals surface area contributed by atoms with Crippen LogP contribution in [-0.4, -0.2) is 35.2 Å². The summed E-state index contributed by atoms with van der Waals surface area (Å²) >= 11 is 0. The molecule has 3 aliphatic rings.